The molecule has 1 amide bonds. The number of rotatable bonds is 3. The van der Waals surface area contributed by atoms with Crippen molar-refractivity contribution in [2.75, 3.05) is 46.4 Å². The topological polar surface area (TPSA) is 128 Å². The third-order valence-electron chi connectivity index (χ3n) is 4.17. The van der Waals surface area contributed by atoms with Gasteiger partial charge in [0.15, 0.2) is 17.1 Å². The maximum Gasteiger partial charge on any atom is 0.362 e. The average Bonchev–Trinajstić information content (AvgIpc) is 2.59. The van der Waals surface area contributed by atoms with E-state index in [1.165, 1.54) is 4.90 Å². The van der Waals surface area contributed by atoms with Crippen molar-refractivity contribution < 1.29 is 24.1 Å². The van der Waals surface area contributed by atoms with E-state index in [0.29, 0.717) is 26.2 Å². The number of nitrogens with zero attached hydrogens (tertiary/aromatic N) is 4. The van der Waals surface area contributed by atoms with E-state index in [1.807, 2.05) is 11.9 Å². The Labute approximate surface area is 142 Å². The van der Waals surface area contributed by atoms with E-state index in [-0.39, 0.29) is 24.7 Å². The van der Waals surface area contributed by atoms with E-state index in [4.69, 9.17) is 9.47 Å². The minimum atomic E-state index is -0.917. The number of piperazine rings is 1. The highest BCUT2D eigenvalue weighted by Crippen LogP contribution is 2.45. The molecule has 3 rings (SSSR count). The minimum Gasteiger partial charge on any atom is -0.486 e. The molecular formula is C14H16N4O7. The van der Waals surface area contributed by atoms with Crippen molar-refractivity contribution in [3.63, 3.8) is 0 Å². The monoisotopic (exact) mass is 352 g/mol. The highest BCUT2D eigenvalue weighted by molar-refractivity contribution is 6.03. The standard InChI is InChI=1S/C14H16N4O7/c1-15-2-4-16(5-3-15)14(19)11-12(18(22)23)9(17(20)21)8-10-13(11)25-7-6-24-10/h8H,2-7H2,1H3. The van der Waals surface area contributed by atoms with Crippen LogP contribution in [0, 0.1) is 20.2 Å². The van der Waals surface area contributed by atoms with Crippen LogP contribution >= 0.6 is 0 Å². The summed E-state index contributed by atoms with van der Waals surface area (Å²) in [6.45, 7) is 2.19. The third-order valence-corrected chi connectivity index (χ3v) is 4.17. The highest BCUT2D eigenvalue weighted by Gasteiger charge is 2.41. The van der Waals surface area contributed by atoms with Crippen LogP contribution in [-0.4, -0.2) is 72.0 Å². The number of benzene rings is 1. The van der Waals surface area contributed by atoms with E-state index in [1.54, 1.807) is 0 Å². The molecule has 11 nitrogen and oxygen atoms in total. The fourth-order valence-electron chi connectivity index (χ4n) is 2.85. The Balaban J connectivity index is 2.15. The van der Waals surface area contributed by atoms with Gasteiger partial charge in [0.2, 0.25) is 0 Å². The Morgan fingerprint density at radius 1 is 1.08 bits per heavy atom. The van der Waals surface area contributed by atoms with Crippen LogP contribution in [0.2, 0.25) is 0 Å². The van der Waals surface area contributed by atoms with E-state index < -0.39 is 32.7 Å². The summed E-state index contributed by atoms with van der Waals surface area (Å²) in [5.41, 5.74) is -2.07. The molecule has 0 radical (unpaired) electrons. The summed E-state index contributed by atoms with van der Waals surface area (Å²) in [6, 6.07) is 0.938. The van der Waals surface area contributed by atoms with Gasteiger partial charge in [-0.3, -0.25) is 25.0 Å². The van der Waals surface area contributed by atoms with Gasteiger partial charge < -0.3 is 19.3 Å². The average molecular weight is 352 g/mol. The maximum absolute atomic E-state index is 12.9. The molecule has 0 spiro atoms. The first kappa shape index (κ1) is 16.9. The van der Waals surface area contributed by atoms with Crippen LogP contribution in [0.25, 0.3) is 0 Å². The summed E-state index contributed by atoms with van der Waals surface area (Å²) in [5, 5.41) is 22.8. The number of hydrogen-bond donors (Lipinski definition) is 0. The number of amides is 1. The summed E-state index contributed by atoms with van der Waals surface area (Å²) in [5.74, 6) is -0.793. The number of likely N-dealkylation sites (N-methyl/N-ethyl adjacent to an activating group) is 1. The molecule has 0 saturated carbocycles. The number of nitro benzene ring substituents is 2. The van der Waals surface area contributed by atoms with Crippen LogP contribution in [-0.2, 0) is 0 Å². The van der Waals surface area contributed by atoms with Gasteiger partial charge in [-0.25, -0.2) is 0 Å². The van der Waals surface area contributed by atoms with Crippen molar-refractivity contribution in [2.24, 2.45) is 0 Å². The molecule has 0 aliphatic carbocycles. The fraction of sp³-hybridized carbons (Fsp3) is 0.500. The number of ether oxygens (including phenoxy) is 2. The van der Waals surface area contributed by atoms with E-state index in [9.17, 15) is 25.0 Å². The predicted octanol–water partition coefficient (Wildman–Crippen LogP) is 0.662. The van der Waals surface area contributed by atoms with Crippen molar-refractivity contribution in [3.8, 4) is 11.5 Å². The van der Waals surface area contributed by atoms with Crippen LogP contribution in [0.3, 0.4) is 0 Å². The highest BCUT2D eigenvalue weighted by atomic mass is 16.6. The smallest absolute Gasteiger partial charge is 0.362 e. The second kappa shape index (κ2) is 6.51. The van der Waals surface area contributed by atoms with E-state index in [2.05, 4.69) is 0 Å². The molecule has 2 heterocycles. The molecule has 11 heteroatoms. The Morgan fingerprint density at radius 3 is 2.32 bits per heavy atom. The van der Waals surface area contributed by atoms with Gasteiger partial charge >= 0.3 is 11.4 Å². The van der Waals surface area contributed by atoms with Crippen LogP contribution in [0.4, 0.5) is 11.4 Å². The summed E-state index contributed by atoms with van der Waals surface area (Å²) in [7, 11) is 1.90. The number of carbonyl (C=O) groups excluding carboxylic acids is 1. The molecule has 0 N–H and O–H groups in total. The third kappa shape index (κ3) is 3.05. The zero-order valence-electron chi connectivity index (χ0n) is 13.5. The van der Waals surface area contributed by atoms with Gasteiger partial charge in [-0.2, -0.15) is 0 Å². The van der Waals surface area contributed by atoms with Crippen molar-refractivity contribution in [3.05, 3.63) is 31.9 Å². The number of carbonyl (C=O) groups is 1. The lowest BCUT2D eigenvalue weighted by Gasteiger charge is -2.33. The molecule has 0 unspecified atom stereocenters. The summed E-state index contributed by atoms with van der Waals surface area (Å²) in [6.07, 6.45) is 0. The van der Waals surface area contributed by atoms with Crippen LogP contribution in [0.1, 0.15) is 10.4 Å². The van der Waals surface area contributed by atoms with Crippen LogP contribution in [0.5, 0.6) is 11.5 Å². The number of nitro groups is 2. The van der Waals surface area contributed by atoms with Crippen molar-refractivity contribution >= 4 is 17.3 Å². The van der Waals surface area contributed by atoms with Crippen LogP contribution < -0.4 is 9.47 Å². The number of hydrogen-bond acceptors (Lipinski definition) is 8. The lowest BCUT2D eigenvalue weighted by molar-refractivity contribution is -0.422. The van der Waals surface area contributed by atoms with E-state index in [0.717, 1.165) is 6.07 Å². The molecule has 0 atom stereocenters. The lowest BCUT2D eigenvalue weighted by atomic mass is 10.1. The predicted molar refractivity (Wildman–Crippen MR) is 84.1 cm³/mol. The molecule has 2 aliphatic heterocycles. The Hall–Kier alpha value is -2.95. The molecular weight excluding hydrogens is 336 g/mol. The molecule has 1 aromatic rings. The summed E-state index contributed by atoms with van der Waals surface area (Å²) in [4.78, 5) is 37.3. The molecule has 1 saturated heterocycles. The van der Waals surface area contributed by atoms with Gasteiger partial charge in [0.05, 0.1) is 15.9 Å². The van der Waals surface area contributed by atoms with Gasteiger partial charge in [0.25, 0.3) is 5.91 Å². The van der Waals surface area contributed by atoms with Crippen molar-refractivity contribution in [1.82, 2.24) is 9.80 Å². The van der Waals surface area contributed by atoms with Crippen molar-refractivity contribution in [2.45, 2.75) is 0 Å². The second-order valence-electron chi connectivity index (χ2n) is 5.75. The minimum absolute atomic E-state index is 0.0268. The Morgan fingerprint density at radius 2 is 1.72 bits per heavy atom. The second-order valence-corrected chi connectivity index (χ2v) is 5.75. The van der Waals surface area contributed by atoms with Gasteiger partial charge in [0.1, 0.15) is 13.2 Å². The quantitative estimate of drug-likeness (QED) is 0.573. The molecule has 2 aliphatic rings. The molecule has 0 bridgehead atoms. The molecule has 134 valence electrons. The summed E-state index contributed by atoms with van der Waals surface area (Å²) >= 11 is 0. The Bertz CT molecular complexity index is 743. The normalized spacial score (nSPS) is 17.2. The van der Waals surface area contributed by atoms with Gasteiger partial charge in [-0.1, -0.05) is 0 Å². The number of fused-ring (bicyclic) bond motifs is 1. The lowest BCUT2D eigenvalue weighted by Crippen LogP contribution is -2.47. The van der Waals surface area contributed by atoms with Gasteiger partial charge in [0, 0.05) is 26.2 Å². The SMILES string of the molecule is CN1CCN(C(=O)c2c3c(cc([N+](=O)[O-])c2[N+](=O)[O-])OCCO3)CC1. The van der Waals surface area contributed by atoms with Crippen LogP contribution in [0.15, 0.2) is 6.07 Å². The van der Waals surface area contributed by atoms with Gasteiger partial charge in [-0.05, 0) is 7.05 Å². The van der Waals surface area contributed by atoms with Crippen molar-refractivity contribution in [1.29, 1.82) is 0 Å². The molecule has 0 aromatic heterocycles. The first-order valence-corrected chi connectivity index (χ1v) is 7.63. The zero-order chi connectivity index (χ0) is 18.1. The maximum atomic E-state index is 12.9. The first-order chi connectivity index (χ1) is 11.9. The molecule has 25 heavy (non-hydrogen) atoms. The Kier molecular flexibility index (Phi) is 4.40. The van der Waals surface area contributed by atoms with Gasteiger partial charge in [-0.15, -0.1) is 0 Å². The molecule has 1 fully saturated rings. The fourth-order valence-corrected chi connectivity index (χ4v) is 2.85. The largest absolute Gasteiger partial charge is 0.486 e. The molecule has 1 aromatic carbocycles. The first-order valence-electron chi connectivity index (χ1n) is 7.63. The van der Waals surface area contributed by atoms with E-state index >= 15 is 0 Å². The summed E-state index contributed by atoms with van der Waals surface area (Å²) < 4.78 is 10.7. The zero-order valence-corrected chi connectivity index (χ0v) is 13.5.